The molecular formula is C128H80Cl4N12. The zero-order valence-corrected chi connectivity index (χ0v) is 80.1. The van der Waals surface area contributed by atoms with Crippen LogP contribution in [0.3, 0.4) is 0 Å². The first-order valence-electron chi connectivity index (χ1n) is 47.1. The SMILES string of the molecule is Clc1nc(-c2ccc3cc(-c4ccccc4)ccc3c2)nc(-c2ccc3c(-c4ccccc4)cccc3c2)n1.Clc1nc(-c2ccc3cc(-c4ccccc4)ccc3c2)nc(-c2ccc3ccc(-c4ccccc4)cc3c2)n1.Clc1nc(-c2ccc3ccccc3c2)nc(-c2cc(-c3ccccc3)c3ccccc3c2)n1.Clc1nc(-c2ccc3ccccc3c2)nc(-c2cc3ccccc3cc2-c2ccccc2)n1. The average molecular weight is 1930 g/mol. The summed E-state index contributed by atoms with van der Waals surface area (Å²) in [5.41, 5.74) is 21.2. The lowest BCUT2D eigenvalue weighted by atomic mass is 9.95. The summed E-state index contributed by atoms with van der Waals surface area (Å²) in [6.07, 6.45) is 0. The monoisotopic (exact) mass is 1920 g/mol. The summed E-state index contributed by atoms with van der Waals surface area (Å²) in [6, 6.07) is 167. The Bertz CT molecular complexity index is 9160. The Morgan fingerprint density at radius 2 is 0.326 bits per heavy atom. The molecule has 12 nitrogen and oxygen atoms in total. The molecule has 0 saturated carbocycles. The molecule has 0 amide bonds. The van der Waals surface area contributed by atoms with Crippen molar-refractivity contribution in [1.82, 2.24) is 59.8 Å². The molecular weight excluding hydrogens is 1850 g/mol. The van der Waals surface area contributed by atoms with E-state index in [4.69, 9.17) is 66.3 Å². The molecule has 4 heterocycles. The van der Waals surface area contributed by atoms with Crippen LogP contribution in [0.5, 0.6) is 0 Å². The fraction of sp³-hybridized carbons (Fsp3) is 0. The van der Waals surface area contributed by atoms with E-state index >= 15 is 0 Å². The van der Waals surface area contributed by atoms with Gasteiger partial charge in [0.2, 0.25) is 21.1 Å². The van der Waals surface area contributed by atoms with Crippen LogP contribution in [0.15, 0.2) is 485 Å². The van der Waals surface area contributed by atoms with Gasteiger partial charge in [-0.1, -0.05) is 406 Å². The van der Waals surface area contributed by atoms with Gasteiger partial charge in [0.05, 0.1) is 0 Å². The molecule has 680 valence electrons. The van der Waals surface area contributed by atoms with E-state index in [-0.39, 0.29) is 21.1 Å². The zero-order chi connectivity index (χ0) is 96.8. The zero-order valence-electron chi connectivity index (χ0n) is 77.1. The number of benzene rings is 22. The standard InChI is InChI=1S/2C35H22ClN3.2C29H18ClN3/c36-35-38-33(29-17-16-26-20-25(14-15-27(26)21-29)23-8-3-1-4-9-23)37-34(39-35)30-18-19-32-28(22-30)12-7-13-31(32)24-10-5-2-6-11-24;36-35-38-33(30-18-16-28-19-26(14-15-29(28)20-30)23-7-3-1-4-8-23)37-34(39-35)31-17-12-25-11-13-27(21-32(25)22-31)24-9-5-2-6-10-24;30-29-32-27(23-15-14-19-8-4-5-11-21(19)16-23)31-28(33-29)24-17-22-12-6-7-13-25(22)26(18-24)20-9-2-1-3-10-20;30-29-32-27(24-15-14-19-8-4-5-11-21(19)16-24)31-28(33-29)26-18-23-13-7-6-12-22(23)17-25(26)20-9-2-1-3-10-20/h2*1-22H;2*1-18H. The number of halogens is 4. The van der Waals surface area contributed by atoms with Crippen molar-refractivity contribution in [3.8, 4) is 158 Å². The molecule has 0 fully saturated rings. The lowest BCUT2D eigenvalue weighted by molar-refractivity contribution is 1.07. The van der Waals surface area contributed by atoms with Crippen molar-refractivity contribution >= 4 is 133 Å². The van der Waals surface area contributed by atoms with E-state index in [2.05, 4.69) is 410 Å². The van der Waals surface area contributed by atoms with Crippen molar-refractivity contribution in [3.05, 3.63) is 506 Å². The first-order valence-corrected chi connectivity index (χ1v) is 48.6. The average Bonchev–Trinajstić information content (AvgIpc) is 0.769. The van der Waals surface area contributed by atoms with Gasteiger partial charge >= 0.3 is 0 Å². The largest absolute Gasteiger partial charge is 0.226 e. The molecule has 4 aromatic heterocycles. The molecule has 16 heteroatoms. The van der Waals surface area contributed by atoms with Crippen molar-refractivity contribution in [2.24, 2.45) is 0 Å². The molecule has 0 radical (unpaired) electrons. The summed E-state index contributed by atoms with van der Waals surface area (Å²) in [5.74, 6) is 4.44. The third kappa shape index (κ3) is 19.7. The van der Waals surface area contributed by atoms with Crippen LogP contribution in [0.2, 0.25) is 21.1 Å². The van der Waals surface area contributed by atoms with E-state index < -0.39 is 0 Å². The molecule has 144 heavy (non-hydrogen) atoms. The topological polar surface area (TPSA) is 155 Å². The third-order valence-corrected chi connectivity index (χ3v) is 26.4. The Balaban J connectivity index is 0.000000107. The van der Waals surface area contributed by atoms with E-state index in [0.29, 0.717) is 46.6 Å². The number of hydrogen-bond acceptors (Lipinski definition) is 12. The lowest BCUT2D eigenvalue weighted by Gasteiger charge is -2.12. The van der Waals surface area contributed by atoms with Gasteiger partial charge < -0.3 is 0 Å². The van der Waals surface area contributed by atoms with E-state index in [9.17, 15) is 0 Å². The van der Waals surface area contributed by atoms with Gasteiger partial charge in [0.1, 0.15) is 0 Å². The fourth-order valence-electron chi connectivity index (χ4n) is 18.5. The van der Waals surface area contributed by atoms with Gasteiger partial charge in [-0.2, -0.15) is 39.9 Å². The second kappa shape index (κ2) is 40.5. The minimum absolute atomic E-state index is 0.174. The third-order valence-electron chi connectivity index (χ3n) is 25.7. The number of rotatable bonds is 14. The molecule has 0 bridgehead atoms. The van der Waals surface area contributed by atoms with Crippen LogP contribution in [0.4, 0.5) is 0 Å². The summed E-state index contributed by atoms with van der Waals surface area (Å²) < 4.78 is 0. The van der Waals surface area contributed by atoms with E-state index in [1.54, 1.807) is 0 Å². The number of hydrogen-bond donors (Lipinski definition) is 0. The molecule has 26 rings (SSSR count). The summed E-state index contributed by atoms with van der Waals surface area (Å²) in [6.45, 7) is 0. The highest BCUT2D eigenvalue weighted by Gasteiger charge is 2.21. The summed E-state index contributed by atoms with van der Waals surface area (Å²) in [4.78, 5) is 55.1. The van der Waals surface area contributed by atoms with Gasteiger partial charge in [0.15, 0.2) is 46.6 Å². The molecule has 0 aliphatic carbocycles. The molecule has 0 saturated heterocycles. The van der Waals surface area contributed by atoms with Gasteiger partial charge in [-0.15, -0.1) is 0 Å². The second-order valence-corrected chi connectivity index (χ2v) is 36.2. The van der Waals surface area contributed by atoms with Crippen LogP contribution in [0.1, 0.15) is 0 Å². The van der Waals surface area contributed by atoms with Gasteiger partial charge in [-0.25, -0.2) is 19.9 Å². The predicted molar refractivity (Wildman–Crippen MR) is 596 cm³/mol. The maximum absolute atomic E-state index is 6.42. The molecule has 22 aromatic carbocycles. The highest BCUT2D eigenvalue weighted by Crippen LogP contribution is 2.42. The van der Waals surface area contributed by atoms with Crippen LogP contribution in [0, 0.1) is 0 Å². The molecule has 0 N–H and O–H groups in total. The van der Waals surface area contributed by atoms with Crippen LogP contribution >= 0.6 is 46.4 Å². The van der Waals surface area contributed by atoms with Crippen LogP contribution < -0.4 is 0 Å². The minimum Gasteiger partial charge on any atom is -0.208 e. The van der Waals surface area contributed by atoms with Crippen LogP contribution in [-0.4, -0.2) is 59.8 Å². The highest BCUT2D eigenvalue weighted by atomic mass is 35.5. The minimum atomic E-state index is 0.174. The molecule has 26 aromatic rings. The maximum Gasteiger partial charge on any atom is 0.226 e. The smallest absolute Gasteiger partial charge is 0.208 e. The van der Waals surface area contributed by atoms with Crippen LogP contribution in [0.25, 0.3) is 244 Å². The number of nitrogens with zero attached hydrogens (tertiary/aromatic N) is 12. The Hall–Kier alpha value is -17.9. The number of fused-ring (bicyclic) bond motifs is 8. The van der Waals surface area contributed by atoms with Crippen molar-refractivity contribution in [2.75, 3.05) is 0 Å². The summed E-state index contributed by atoms with van der Waals surface area (Å²) >= 11 is 25.6. The highest BCUT2D eigenvalue weighted by molar-refractivity contribution is 6.29. The van der Waals surface area contributed by atoms with Gasteiger partial charge in [-0.3, -0.25) is 0 Å². The van der Waals surface area contributed by atoms with E-state index in [0.717, 1.165) is 131 Å². The van der Waals surface area contributed by atoms with E-state index in [1.165, 1.54) is 66.1 Å². The summed E-state index contributed by atoms with van der Waals surface area (Å²) in [7, 11) is 0. The maximum atomic E-state index is 6.42. The van der Waals surface area contributed by atoms with Gasteiger partial charge in [-0.05, 0) is 278 Å². The Labute approximate surface area is 850 Å². The lowest BCUT2D eigenvalue weighted by Crippen LogP contribution is -1.99. The van der Waals surface area contributed by atoms with Gasteiger partial charge in [0, 0.05) is 44.5 Å². The first-order chi connectivity index (χ1) is 70.9. The Kier molecular flexibility index (Phi) is 25.3. The number of aromatic nitrogens is 12. The van der Waals surface area contributed by atoms with Crippen molar-refractivity contribution < 1.29 is 0 Å². The van der Waals surface area contributed by atoms with Crippen LogP contribution in [-0.2, 0) is 0 Å². The quantitative estimate of drug-likeness (QED) is 0.102. The Morgan fingerprint density at radius 1 is 0.104 bits per heavy atom. The van der Waals surface area contributed by atoms with Crippen molar-refractivity contribution in [1.29, 1.82) is 0 Å². The van der Waals surface area contributed by atoms with Crippen molar-refractivity contribution in [2.45, 2.75) is 0 Å². The molecule has 0 atom stereocenters. The van der Waals surface area contributed by atoms with Crippen molar-refractivity contribution in [3.63, 3.8) is 0 Å². The molecule has 0 aliphatic heterocycles. The normalized spacial score (nSPS) is 11.2. The molecule has 0 spiro atoms. The second-order valence-electron chi connectivity index (χ2n) is 34.9. The predicted octanol–water partition coefficient (Wildman–Crippen LogP) is 34.7. The van der Waals surface area contributed by atoms with E-state index in [1.807, 2.05) is 115 Å². The first kappa shape index (κ1) is 90.0. The Morgan fingerprint density at radius 3 is 0.715 bits per heavy atom. The fourth-order valence-corrected chi connectivity index (χ4v) is 19.2. The van der Waals surface area contributed by atoms with Gasteiger partial charge in [0.25, 0.3) is 0 Å². The summed E-state index contributed by atoms with van der Waals surface area (Å²) in [5, 5.41) is 19.0. The molecule has 0 aliphatic rings. The molecule has 0 unspecified atom stereocenters.